The van der Waals surface area contributed by atoms with E-state index in [1.165, 1.54) is 4.90 Å². The Morgan fingerprint density at radius 2 is 1.68 bits per heavy atom. The number of carbonyl (C=O) groups excluding carboxylic acids is 2. The maximum atomic E-state index is 14.3. The first-order chi connectivity index (χ1) is 29.9. The zero-order valence-electron chi connectivity index (χ0n) is 34.4. The van der Waals surface area contributed by atoms with Gasteiger partial charge in [0.15, 0.2) is 0 Å². The van der Waals surface area contributed by atoms with Crippen LogP contribution in [0.5, 0.6) is 5.75 Å². The smallest absolute Gasteiger partial charge is 0.243 e. The van der Waals surface area contributed by atoms with Crippen molar-refractivity contribution in [3.05, 3.63) is 118 Å². The molecule has 0 radical (unpaired) electrons. The highest BCUT2D eigenvalue weighted by Gasteiger charge is 2.43. The lowest BCUT2D eigenvalue weighted by Gasteiger charge is -2.39. The second-order valence-electron chi connectivity index (χ2n) is 16.4. The Morgan fingerprint density at radius 1 is 0.919 bits per heavy atom. The first kappa shape index (κ1) is 41.1. The van der Waals surface area contributed by atoms with Gasteiger partial charge in [-0.25, -0.2) is 15.0 Å². The number of thiazole rings is 1. The minimum absolute atomic E-state index is 0.0365. The fourth-order valence-corrected chi connectivity index (χ4v) is 9.43. The second-order valence-corrected chi connectivity index (χ2v) is 17.7. The number of aryl methyl sites for hydroxylation is 1. The number of likely N-dealkylation sites (tertiary alicyclic amines) is 1. The van der Waals surface area contributed by atoms with Crippen LogP contribution < -0.4 is 10.2 Å². The monoisotopic (exact) mass is 869 g/mol. The largest absolute Gasteiger partial charge is 0.507 e. The van der Waals surface area contributed by atoms with E-state index in [9.17, 15) is 19.8 Å². The van der Waals surface area contributed by atoms with Crippen LogP contribution in [0.2, 0.25) is 5.02 Å². The highest BCUT2D eigenvalue weighted by Crippen LogP contribution is 2.38. The number of fused-ring (bicyclic) bond motifs is 1. The number of β-amino-alcohol motifs (C(OH)–C–C–N with tert-alkyl or cyclic N) is 1. The first-order valence-corrected chi connectivity index (χ1v) is 21.8. The molecule has 0 unspecified atom stereocenters. The number of halogens is 1. The summed E-state index contributed by atoms with van der Waals surface area (Å²) in [5.74, 6) is -0.354. The molecule has 0 bridgehead atoms. The van der Waals surface area contributed by atoms with Gasteiger partial charge in [0.1, 0.15) is 29.2 Å². The van der Waals surface area contributed by atoms with Crippen LogP contribution in [0, 0.1) is 12.8 Å². The number of hydrogen-bond acceptors (Lipinski definition) is 13. The normalized spacial score (nSPS) is 17.7. The summed E-state index contributed by atoms with van der Waals surface area (Å²) in [6.45, 7) is 9.11. The predicted molar refractivity (Wildman–Crippen MR) is 237 cm³/mol. The average Bonchev–Trinajstić information content (AvgIpc) is 4.01. The van der Waals surface area contributed by atoms with Crippen molar-refractivity contribution in [1.82, 2.24) is 40.5 Å². The van der Waals surface area contributed by atoms with E-state index in [0.717, 1.165) is 32.6 Å². The number of phenolic OH excluding ortho intramolecular Hbond substituents is 1. The van der Waals surface area contributed by atoms with Crippen LogP contribution >= 0.6 is 22.9 Å². The molecule has 62 heavy (non-hydrogen) atoms. The quantitative estimate of drug-likeness (QED) is 0.115. The molecule has 6 heterocycles. The van der Waals surface area contributed by atoms with Gasteiger partial charge in [-0.05, 0) is 66.8 Å². The van der Waals surface area contributed by atoms with Crippen molar-refractivity contribution in [1.29, 1.82) is 0 Å². The van der Waals surface area contributed by atoms with Crippen molar-refractivity contribution in [3.63, 3.8) is 0 Å². The topological polar surface area (TPSA) is 184 Å². The summed E-state index contributed by atoms with van der Waals surface area (Å²) >= 11 is 8.34. The van der Waals surface area contributed by atoms with Crippen molar-refractivity contribution in [2.45, 2.75) is 64.1 Å². The van der Waals surface area contributed by atoms with E-state index < -0.39 is 18.1 Å². The van der Waals surface area contributed by atoms with E-state index in [1.54, 1.807) is 48.0 Å². The maximum Gasteiger partial charge on any atom is 0.243 e. The Hall–Kier alpha value is -6.29. The summed E-state index contributed by atoms with van der Waals surface area (Å²) in [6.07, 6.45) is 2.66. The van der Waals surface area contributed by atoms with Crippen LogP contribution in [-0.2, 0) is 9.59 Å². The van der Waals surface area contributed by atoms with Crippen molar-refractivity contribution in [3.8, 4) is 38.7 Å². The van der Waals surface area contributed by atoms with Crippen LogP contribution in [0.3, 0.4) is 0 Å². The van der Waals surface area contributed by atoms with E-state index in [1.807, 2.05) is 81.7 Å². The number of aliphatic hydroxyl groups is 1. The summed E-state index contributed by atoms with van der Waals surface area (Å²) in [5, 5.41) is 38.4. The minimum atomic E-state index is -0.846. The lowest BCUT2D eigenvalue weighted by molar-refractivity contribution is -0.141. The molecule has 4 atom stereocenters. The molecule has 9 rings (SSSR count). The fraction of sp³-hybridized carbons (Fsp3) is 0.304. The van der Waals surface area contributed by atoms with E-state index in [2.05, 4.69) is 40.5 Å². The lowest BCUT2D eigenvalue weighted by Crippen LogP contribution is -2.48. The van der Waals surface area contributed by atoms with E-state index in [-0.39, 0.29) is 48.4 Å². The number of rotatable bonds is 11. The molecule has 0 spiro atoms. The molecule has 0 aliphatic carbocycles. The fourth-order valence-electron chi connectivity index (χ4n) is 8.34. The summed E-state index contributed by atoms with van der Waals surface area (Å²) < 4.78 is 5.80. The highest BCUT2D eigenvalue weighted by atomic mass is 35.5. The van der Waals surface area contributed by atoms with Gasteiger partial charge >= 0.3 is 0 Å². The molecule has 14 nitrogen and oxygen atoms in total. The minimum Gasteiger partial charge on any atom is -0.507 e. The third-order valence-corrected chi connectivity index (χ3v) is 13.1. The van der Waals surface area contributed by atoms with Gasteiger partial charge in [-0.2, -0.15) is 0 Å². The van der Waals surface area contributed by atoms with Gasteiger partial charge in [-0.1, -0.05) is 67.0 Å². The van der Waals surface area contributed by atoms with Crippen LogP contribution in [0.1, 0.15) is 67.7 Å². The molecule has 3 aromatic carbocycles. The van der Waals surface area contributed by atoms with Gasteiger partial charge in [0, 0.05) is 66.9 Å². The third kappa shape index (κ3) is 7.98. The number of aromatic hydroxyl groups is 1. The van der Waals surface area contributed by atoms with Crippen LogP contribution in [0.4, 0.5) is 5.95 Å². The van der Waals surface area contributed by atoms with E-state index in [4.69, 9.17) is 16.1 Å². The van der Waals surface area contributed by atoms with Crippen molar-refractivity contribution in [2.75, 3.05) is 24.5 Å². The molecule has 316 valence electrons. The van der Waals surface area contributed by atoms with Crippen molar-refractivity contribution < 1.29 is 24.3 Å². The summed E-state index contributed by atoms with van der Waals surface area (Å²) in [6, 6.07) is 21.3. The number of carbonyl (C=O) groups is 2. The summed E-state index contributed by atoms with van der Waals surface area (Å²) in [5.41, 5.74) is 8.72. The van der Waals surface area contributed by atoms with Crippen LogP contribution in [0.25, 0.3) is 43.9 Å². The molecule has 2 fully saturated rings. The molecule has 2 amide bonds. The van der Waals surface area contributed by atoms with Crippen LogP contribution in [0.15, 0.2) is 95.2 Å². The number of aromatic nitrogens is 6. The molecule has 2 saturated heterocycles. The summed E-state index contributed by atoms with van der Waals surface area (Å²) in [7, 11) is 0. The number of benzene rings is 3. The van der Waals surface area contributed by atoms with Crippen molar-refractivity contribution in [2.24, 2.45) is 5.92 Å². The van der Waals surface area contributed by atoms with E-state index >= 15 is 0 Å². The van der Waals surface area contributed by atoms with Gasteiger partial charge in [-0.3, -0.25) is 9.59 Å². The first-order valence-electron chi connectivity index (χ1n) is 20.5. The molecule has 7 aromatic rings. The lowest BCUT2D eigenvalue weighted by atomic mass is 9.91. The Balaban J connectivity index is 0.835. The van der Waals surface area contributed by atoms with Crippen LogP contribution in [-0.4, -0.2) is 89.0 Å². The Morgan fingerprint density at radius 3 is 2.39 bits per heavy atom. The Labute approximate surface area is 366 Å². The molecule has 3 N–H and O–H groups in total. The SMILES string of the molecule is Cc1ncsc1-c1ccc([C@H](C)NC(=O)[C@@H]2C[C@@H](O)CN2C(=O)[C@@H](c2cc(-c3cnc(N4CC(c5cc(Cl)c6cc(-c7ccccc7O)nnc6c5)C4)nc3)no2)C(C)C)cc1. The number of nitrogens with zero attached hydrogens (tertiary/aromatic N) is 8. The van der Waals surface area contributed by atoms with Gasteiger partial charge in [0.05, 0.1) is 44.5 Å². The van der Waals surface area contributed by atoms with Crippen molar-refractivity contribution >= 4 is 51.6 Å². The zero-order chi connectivity index (χ0) is 43.2. The number of para-hydroxylation sites is 1. The molecular formula is C46H44ClN9O5S. The molecule has 4 aromatic heterocycles. The van der Waals surface area contributed by atoms with Gasteiger partial charge in [0.25, 0.3) is 0 Å². The van der Waals surface area contributed by atoms with Gasteiger partial charge in [-0.15, -0.1) is 21.5 Å². The number of nitrogens with one attached hydrogen (secondary N) is 1. The number of anilines is 1. The predicted octanol–water partition coefficient (Wildman–Crippen LogP) is 7.72. The average molecular weight is 870 g/mol. The Bertz CT molecular complexity index is 2770. The number of amides is 2. The standard InChI is InChI=1S/C46H44ClN9O5S/c1-24(2)42(45(60)56-22-32(57)15-39(56)44(59)51-25(3)27-9-11-28(12-10-27)43-26(4)50-23-62-43)41-17-36(54-61-41)30-18-48-46(49-19-30)55-20-31(21-55)29-13-35(47)34-16-38(53-52-37(34)14-29)33-7-5-6-8-40(33)58/h5-14,16-19,23-25,31-32,39,42,57-58H,15,20-22H2,1-4H3,(H,51,59)/t25-,32+,39-,42+/m0/s1. The van der Waals surface area contributed by atoms with Gasteiger partial charge in [0.2, 0.25) is 17.8 Å². The second kappa shape index (κ2) is 16.9. The third-order valence-electron chi connectivity index (χ3n) is 11.8. The van der Waals surface area contributed by atoms with E-state index in [0.29, 0.717) is 57.9 Å². The number of hydrogen-bond donors (Lipinski definition) is 3. The molecule has 16 heteroatoms. The number of phenols is 1. The molecule has 0 saturated carbocycles. The van der Waals surface area contributed by atoms with Gasteiger partial charge < -0.3 is 29.9 Å². The molecule has 2 aliphatic heterocycles. The Kier molecular flexibility index (Phi) is 11.2. The molecule has 2 aliphatic rings. The zero-order valence-corrected chi connectivity index (χ0v) is 36.0. The maximum absolute atomic E-state index is 14.3. The molecular weight excluding hydrogens is 826 g/mol. The number of aliphatic hydroxyl groups excluding tert-OH is 1. The highest BCUT2D eigenvalue weighted by molar-refractivity contribution is 7.13. The summed E-state index contributed by atoms with van der Waals surface area (Å²) in [4.78, 5) is 46.2.